The zero-order chi connectivity index (χ0) is 33.4. The number of ketones is 1. The van der Waals surface area contributed by atoms with Gasteiger partial charge in [0.2, 0.25) is 21.8 Å². The first-order chi connectivity index (χ1) is 22.3. The first-order valence-electron chi connectivity index (χ1n) is 17.4. The molecule has 1 aromatic carbocycles. The Bertz CT molecular complexity index is 1800. The Morgan fingerprint density at radius 3 is 2.64 bits per heavy atom. The maximum Gasteiger partial charge on any atom is 0.240 e. The molecule has 1 N–H and O–H groups in total. The zero-order valence-electron chi connectivity index (χ0n) is 28.1. The summed E-state index contributed by atoms with van der Waals surface area (Å²) in [6.07, 6.45) is 11.6. The lowest BCUT2D eigenvalue weighted by molar-refractivity contribution is -0.142. The van der Waals surface area contributed by atoms with Gasteiger partial charge in [-0.2, -0.15) is 0 Å². The van der Waals surface area contributed by atoms with Crippen LogP contribution in [0.4, 0.5) is 0 Å². The van der Waals surface area contributed by atoms with Crippen molar-refractivity contribution in [1.82, 2.24) is 14.6 Å². The molecule has 2 aliphatic carbocycles. The van der Waals surface area contributed by atoms with E-state index in [0.717, 1.165) is 72.0 Å². The van der Waals surface area contributed by atoms with Gasteiger partial charge in [-0.3, -0.25) is 19.1 Å². The van der Waals surface area contributed by atoms with Crippen LogP contribution in [0.1, 0.15) is 101 Å². The number of amides is 2. The van der Waals surface area contributed by atoms with Crippen LogP contribution in [-0.2, 0) is 30.8 Å². The van der Waals surface area contributed by atoms with Crippen LogP contribution >= 0.6 is 0 Å². The number of benzene rings is 1. The highest BCUT2D eigenvalue weighted by Crippen LogP contribution is 2.58. The molecule has 3 fully saturated rings. The van der Waals surface area contributed by atoms with Gasteiger partial charge in [0.05, 0.1) is 34.0 Å². The quantitative estimate of drug-likeness (QED) is 0.423. The van der Waals surface area contributed by atoms with Gasteiger partial charge in [0.1, 0.15) is 11.4 Å². The van der Waals surface area contributed by atoms with Gasteiger partial charge < -0.3 is 9.64 Å². The van der Waals surface area contributed by atoms with E-state index in [1.807, 2.05) is 26.0 Å². The van der Waals surface area contributed by atoms with Crippen LogP contribution in [0.3, 0.4) is 0 Å². The number of aryl methyl sites for hydroxylation is 3. The molecule has 1 spiro atoms. The first-order valence-corrected chi connectivity index (χ1v) is 18.9. The predicted octanol–water partition coefficient (Wildman–Crippen LogP) is 5.64. The number of carbonyl (C=O) groups is 3. The molecule has 47 heavy (non-hydrogen) atoms. The molecule has 252 valence electrons. The second-order valence-electron chi connectivity index (χ2n) is 15.5. The number of fused-ring (bicyclic) bond motifs is 5. The second kappa shape index (κ2) is 11.4. The number of aromatic nitrogens is 1. The van der Waals surface area contributed by atoms with Gasteiger partial charge in [-0.25, -0.2) is 13.4 Å². The third-order valence-electron chi connectivity index (χ3n) is 11.8. The van der Waals surface area contributed by atoms with E-state index < -0.39 is 37.7 Å². The van der Waals surface area contributed by atoms with Gasteiger partial charge in [0.15, 0.2) is 5.78 Å². The van der Waals surface area contributed by atoms with Crippen LogP contribution in [0.25, 0.3) is 10.9 Å². The SMILES string of the molecule is Cc1ccc2nc(C)c3c(c2c1)CC[C@]1(C[C@H]2C(=O)C[C@]4(C(=O)NS(=O)(=O)C5(C)CC5)C[C@H]4/C=C\CCCCC[C@H](C)C(=O)N2C1)O3. The van der Waals surface area contributed by atoms with Crippen molar-refractivity contribution in [2.75, 3.05) is 6.54 Å². The number of sulfonamides is 1. The number of hydrogen-bond donors (Lipinski definition) is 1. The van der Waals surface area contributed by atoms with Gasteiger partial charge in [0.25, 0.3) is 0 Å². The van der Waals surface area contributed by atoms with E-state index in [2.05, 4.69) is 29.9 Å². The van der Waals surface area contributed by atoms with Crippen molar-refractivity contribution in [3.05, 3.63) is 47.2 Å². The molecule has 1 saturated heterocycles. The van der Waals surface area contributed by atoms with Crippen LogP contribution in [0.15, 0.2) is 30.4 Å². The normalized spacial score (nSPS) is 32.8. The molecule has 5 atom stereocenters. The van der Waals surface area contributed by atoms with Crippen molar-refractivity contribution >= 4 is 38.5 Å². The third kappa shape index (κ3) is 5.68. The van der Waals surface area contributed by atoms with Crippen LogP contribution in [0.5, 0.6) is 5.75 Å². The summed E-state index contributed by atoms with van der Waals surface area (Å²) in [5.74, 6) is -0.572. The molecule has 0 bridgehead atoms. The summed E-state index contributed by atoms with van der Waals surface area (Å²) in [5, 5.41) is 1.07. The summed E-state index contributed by atoms with van der Waals surface area (Å²) in [7, 11) is -3.86. The summed E-state index contributed by atoms with van der Waals surface area (Å²) in [5.41, 5.74) is 2.09. The maximum absolute atomic E-state index is 14.4. The van der Waals surface area contributed by atoms with E-state index in [1.165, 1.54) is 0 Å². The fourth-order valence-corrected chi connectivity index (χ4v) is 9.53. The maximum atomic E-state index is 14.4. The molecule has 10 heteroatoms. The molecule has 2 amide bonds. The Balaban J connectivity index is 1.21. The lowest BCUT2D eigenvalue weighted by atomic mass is 9.85. The molecular weight excluding hydrogens is 614 g/mol. The molecule has 2 saturated carbocycles. The van der Waals surface area contributed by atoms with Crippen molar-refractivity contribution in [3.63, 3.8) is 0 Å². The standard InChI is InChI=1S/C37H47N3O6S/c1-23-12-13-29-28(18-23)27-14-15-36(46-32(27)25(3)38-29)20-30-31(41)21-37(34(43)39-47(44,45)35(4)16-17-35)19-26(37)11-9-7-5-6-8-10-24(2)33(42)40(30)22-36/h9,11-13,18,24,26,30H,5-8,10,14-17,19-22H2,1-4H3,(H,39,43)/b11-9-/t24-,26+,30-,36+,37+/m0/s1. The Kier molecular flexibility index (Phi) is 7.84. The van der Waals surface area contributed by atoms with Crippen molar-refractivity contribution in [2.24, 2.45) is 17.3 Å². The third-order valence-corrected chi connectivity index (χ3v) is 13.9. The lowest BCUT2D eigenvalue weighted by Gasteiger charge is -2.36. The van der Waals surface area contributed by atoms with Gasteiger partial charge in [-0.15, -0.1) is 0 Å². The Hall–Kier alpha value is -3.27. The average molecular weight is 662 g/mol. The van der Waals surface area contributed by atoms with Crippen LogP contribution < -0.4 is 9.46 Å². The minimum Gasteiger partial charge on any atom is -0.483 e. The smallest absolute Gasteiger partial charge is 0.240 e. The highest BCUT2D eigenvalue weighted by atomic mass is 32.2. The van der Waals surface area contributed by atoms with Crippen molar-refractivity contribution in [1.29, 1.82) is 0 Å². The largest absolute Gasteiger partial charge is 0.483 e. The van der Waals surface area contributed by atoms with E-state index in [0.29, 0.717) is 38.6 Å². The number of rotatable bonds is 3. The summed E-state index contributed by atoms with van der Waals surface area (Å²) in [4.78, 5) is 48.9. The Labute approximate surface area is 278 Å². The van der Waals surface area contributed by atoms with E-state index in [-0.39, 0.29) is 29.9 Å². The van der Waals surface area contributed by atoms with Crippen molar-refractivity contribution < 1.29 is 27.5 Å². The topological polar surface area (TPSA) is 123 Å². The van der Waals surface area contributed by atoms with Crippen LogP contribution in [-0.4, -0.2) is 58.8 Å². The number of nitrogens with one attached hydrogen (secondary N) is 1. The van der Waals surface area contributed by atoms with Gasteiger partial charge in [-0.1, -0.05) is 43.5 Å². The minimum atomic E-state index is -3.86. The van der Waals surface area contributed by atoms with Gasteiger partial charge in [-0.05, 0) is 90.2 Å². The summed E-state index contributed by atoms with van der Waals surface area (Å²) >= 11 is 0. The number of hydrogen-bond acceptors (Lipinski definition) is 7. The molecule has 3 aliphatic heterocycles. The molecular formula is C37H47N3O6S. The number of pyridine rings is 1. The molecule has 9 nitrogen and oxygen atoms in total. The minimum absolute atomic E-state index is 0.0540. The molecule has 2 aromatic rings. The summed E-state index contributed by atoms with van der Waals surface area (Å²) < 4.78 is 34.5. The highest BCUT2D eigenvalue weighted by molar-refractivity contribution is 7.91. The Morgan fingerprint density at radius 1 is 1.09 bits per heavy atom. The summed E-state index contributed by atoms with van der Waals surface area (Å²) in [6, 6.07) is 5.49. The van der Waals surface area contributed by atoms with Gasteiger partial charge >= 0.3 is 0 Å². The van der Waals surface area contributed by atoms with Gasteiger partial charge in [0, 0.05) is 29.7 Å². The first kappa shape index (κ1) is 32.3. The number of ether oxygens (including phenoxy) is 1. The highest BCUT2D eigenvalue weighted by Gasteiger charge is 2.63. The molecule has 0 radical (unpaired) electrons. The van der Waals surface area contributed by atoms with E-state index in [4.69, 9.17) is 9.72 Å². The Morgan fingerprint density at radius 2 is 1.87 bits per heavy atom. The fraction of sp³-hybridized carbons (Fsp3) is 0.622. The van der Waals surface area contributed by atoms with E-state index in [1.54, 1.807) is 11.8 Å². The van der Waals surface area contributed by atoms with Crippen molar-refractivity contribution in [3.8, 4) is 5.75 Å². The summed E-state index contributed by atoms with van der Waals surface area (Å²) in [6.45, 7) is 7.90. The number of carbonyl (C=O) groups excluding carboxylic acids is 3. The molecule has 1 aromatic heterocycles. The molecule has 4 heterocycles. The van der Waals surface area contributed by atoms with Crippen LogP contribution in [0.2, 0.25) is 0 Å². The van der Waals surface area contributed by atoms with E-state index >= 15 is 0 Å². The zero-order valence-corrected chi connectivity index (χ0v) is 28.9. The monoisotopic (exact) mass is 661 g/mol. The second-order valence-corrected chi connectivity index (χ2v) is 17.7. The number of nitrogens with zero attached hydrogens (tertiary/aromatic N) is 2. The molecule has 5 aliphatic rings. The molecule has 0 unspecified atom stereocenters. The molecule has 7 rings (SSSR count). The van der Waals surface area contributed by atoms with Crippen molar-refractivity contribution in [2.45, 2.75) is 121 Å². The number of Topliss-reactive ketones (excluding diaryl/α,β-unsaturated/α-hetero) is 1. The predicted molar refractivity (Wildman–Crippen MR) is 179 cm³/mol. The number of allylic oxidation sites excluding steroid dienone is 2. The lowest BCUT2D eigenvalue weighted by Crippen LogP contribution is -2.47. The fourth-order valence-electron chi connectivity index (χ4n) is 8.19. The average Bonchev–Trinajstić information content (AvgIpc) is 3.92. The van der Waals surface area contributed by atoms with Crippen LogP contribution in [0, 0.1) is 31.1 Å². The van der Waals surface area contributed by atoms with E-state index in [9.17, 15) is 22.8 Å².